The summed E-state index contributed by atoms with van der Waals surface area (Å²) in [5.41, 5.74) is 0.747. The Hall–Kier alpha value is -0.790. The van der Waals surface area contributed by atoms with E-state index in [1.807, 2.05) is 0 Å². The first kappa shape index (κ1) is 4.13. The second-order valence-electron chi connectivity index (χ2n) is 1.99. The quantitative estimate of drug-likeness (QED) is 0.491. The van der Waals surface area contributed by atoms with E-state index in [2.05, 4.69) is 11.9 Å². The summed E-state index contributed by atoms with van der Waals surface area (Å²) in [7, 11) is 0. The van der Waals surface area contributed by atoms with Crippen LogP contribution in [0.25, 0.3) is 0 Å². The van der Waals surface area contributed by atoms with Crippen LogP contribution < -0.4 is 5.32 Å². The summed E-state index contributed by atoms with van der Waals surface area (Å²) in [6, 6.07) is 0. The van der Waals surface area contributed by atoms with Crippen molar-refractivity contribution >= 4 is 5.91 Å². The summed E-state index contributed by atoms with van der Waals surface area (Å²) in [6.45, 7) is 3.76. The second-order valence-corrected chi connectivity index (χ2v) is 1.99. The fourth-order valence-electron chi connectivity index (χ4n) is 0.717. The molecule has 1 saturated heterocycles. The van der Waals surface area contributed by atoms with Crippen LogP contribution in [0.15, 0.2) is 12.3 Å². The Morgan fingerprint density at radius 1 is 2.12 bits per heavy atom. The van der Waals surface area contributed by atoms with Gasteiger partial charge in [-0.05, 0) is 6.42 Å². The molecule has 1 heterocycles. The van der Waals surface area contributed by atoms with E-state index >= 15 is 0 Å². The SMILES string of the molecule is [3H]CC1CC(=C)NC1=O. The molecule has 1 aliphatic rings. The van der Waals surface area contributed by atoms with Crippen molar-refractivity contribution in [3.05, 3.63) is 12.3 Å². The van der Waals surface area contributed by atoms with Crippen LogP contribution in [0, 0.1) is 5.92 Å². The smallest absolute Gasteiger partial charge is 0.227 e. The minimum absolute atomic E-state index is 0.0463. The Labute approximate surface area is 50.0 Å². The van der Waals surface area contributed by atoms with Crippen LogP contribution in [0.5, 0.6) is 0 Å². The number of nitrogens with one attached hydrogen (secondary N) is 1. The van der Waals surface area contributed by atoms with Gasteiger partial charge in [-0.3, -0.25) is 4.79 Å². The van der Waals surface area contributed by atoms with Crippen molar-refractivity contribution in [1.82, 2.24) is 5.32 Å². The van der Waals surface area contributed by atoms with E-state index in [1.54, 1.807) is 0 Å². The van der Waals surface area contributed by atoms with E-state index in [-0.39, 0.29) is 18.7 Å². The second kappa shape index (κ2) is 1.62. The summed E-state index contributed by atoms with van der Waals surface area (Å²) in [4.78, 5) is 10.7. The van der Waals surface area contributed by atoms with Gasteiger partial charge in [0.05, 0.1) is 0 Å². The predicted molar refractivity (Wildman–Crippen MR) is 31.1 cm³/mol. The molecule has 0 radical (unpaired) electrons. The van der Waals surface area contributed by atoms with Gasteiger partial charge < -0.3 is 5.32 Å². The number of carbonyl (C=O) groups is 1. The predicted octanol–water partition coefficient (Wildman–Crippen LogP) is 0.656. The fourth-order valence-corrected chi connectivity index (χ4v) is 0.717. The van der Waals surface area contributed by atoms with Crippen LogP contribution in [0.2, 0.25) is 0 Å². The number of hydrogen-bond acceptors (Lipinski definition) is 1. The molecule has 2 nitrogen and oxygen atoms in total. The maximum absolute atomic E-state index is 10.7. The largest absolute Gasteiger partial charge is 0.330 e. The van der Waals surface area contributed by atoms with Crippen molar-refractivity contribution in [2.45, 2.75) is 13.3 Å². The number of allylic oxidation sites excluding steroid dienone is 1. The summed E-state index contributed by atoms with van der Waals surface area (Å²) in [6.07, 6.45) is 0.641. The molecule has 1 N–H and O–H groups in total. The van der Waals surface area contributed by atoms with E-state index in [9.17, 15) is 4.79 Å². The summed E-state index contributed by atoms with van der Waals surface area (Å²) >= 11 is 0. The van der Waals surface area contributed by atoms with Gasteiger partial charge in [0.15, 0.2) is 0 Å². The highest BCUT2D eigenvalue weighted by Gasteiger charge is 2.21. The zero-order valence-electron chi connectivity index (χ0n) is 5.61. The Balaban J connectivity index is 2.58. The van der Waals surface area contributed by atoms with Crippen LogP contribution in [-0.4, -0.2) is 5.91 Å². The third kappa shape index (κ3) is 0.735. The van der Waals surface area contributed by atoms with Gasteiger partial charge in [-0.2, -0.15) is 0 Å². The zero-order valence-corrected chi connectivity index (χ0v) is 4.61. The van der Waals surface area contributed by atoms with Crippen molar-refractivity contribution < 1.29 is 6.17 Å². The first-order valence-corrected chi connectivity index (χ1v) is 2.52. The van der Waals surface area contributed by atoms with Gasteiger partial charge in [-0.25, -0.2) is 0 Å². The molecule has 1 aliphatic heterocycles. The highest BCUT2D eigenvalue weighted by molar-refractivity contribution is 5.83. The van der Waals surface area contributed by atoms with Crippen molar-refractivity contribution in [3.8, 4) is 0 Å². The molecule has 0 saturated carbocycles. The van der Waals surface area contributed by atoms with Crippen LogP contribution in [0.1, 0.15) is 14.7 Å². The van der Waals surface area contributed by atoms with Gasteiger partial charge in [0.25, 0.3) is 0 Å². The molecule has 0 spiro atoms. The Bertz CT molecular complexity index is 155. The van der Waals surface area contributed by atoms with Crippen molar-refractivity contribution in [2.24, 2.45) is 5.92 Å². The Kier molecular flexibility index (Phi) is 0.834. The first-order valence-electron chi connectivity index (χ1n) is 3.22. The number of rotatable bonds is 0. The lowest BCUT2D eigenvalue weighted by Crippen LogP contribution is -2.15. The minimum Gasteiger partial charge on any atom is -0.330 e. The van der Waals surface area contributed by atoms with Crippen LogP contribution in [0.3, 0.4) is 0 Å². The van der Waals surface area contributed by atoms with E-state index in [4.69, 9.17) is 1.37 Å². The highest BCUT2D eigenvalue weighted by Crippen LogP contribution is 2.14. The molecule has 0 bridgehead atoms. The lowest BCUT2D eigenvalue weighted by molar-refractivity contribution is -0.121. The standard InChI is InChI=1S/C6H9NO/c1-4-3-5(2)7-6(4)8/h4H,2-3H2,1H3,(H,7,8)/i1T. The molecule has 44 valence electrons. The molecule has 0 aromatic heterocycles. The molecule has 1 atom stereocenters. The highest BCUT2D eigenvalue weighted by atomic mass is 16.2. The zero-order chi connectivity index (χ0) is 6.85. The topological polar surface area (TPSA) is 29.1 Å². The van der Waals surface area contributed by atoms with Gasteiger partial charge in [0.2, 0.25) is 5.91 Å². The molecule has 1 rings (SSSR count). The minimum atomic E-state index is -0.141. The maximum Gasteiger partial charge on any atom is 0.227 e. The van der Waals surface area contributed by atoms with Gasteiger partial charge >= 0.3 is 0 Å². The van der Waals surface area contributed by atoms with Crippen molar-refractivity contribution in [2.75, 3.05) is 0 Å². The molecule has 2 heteroatoms. The molecule has 1 amide bonds. The number of hydrogen-bond donors (Lipinski definition) is 1. The number of amides is 1. The lowest BCUT2D eigenvalue weighted by atomic mass is 10.1. The van der Waals surface area contributed by atoms with E-state index in [0.29, 0.717) is 6.42 Å². The monoisotopic (exact) mass is 113 g/mol. The number of carbonyl (C=O) groups excluding carboxylic acids is 1. The molecule has 0 aliphatic carbocycles. The third-order valence-corrected chi connectivity index (χ3v) is 1.16. The molecule has 1 fully saturated rings. The van der Waals surface area contributed by atoms with Gasteiger partial charge in [-0.1, -0.05) is 13.5 Å². The maximum atomic E-state index is 10.7. The molecule has 0 aromatic rings. The van der Waals surface area contributed by atoms with E-state index in [1.165, 1.54) is 0 Å². The first-order chi connectivity index (χ1) is 4.24. The van der Waals surface area contributed by atoms with E-state index < -0.39 is 0 Å². The summed E-state index contributed by atoms with van der Waals surface area (Å²) < 4.78 is 6.92. The van der Waals surface area contributed by atoms with Crippen LogP contribution >= 0.6 is 0 Å². The average molecular weight is 113 g/mol. The van der Waals surface area contributed by atoms with Crippen LogP contribution in [-0.2, 0) is 4.79 Å². The van der Waals surface area contributed by atoms with Crippen molar-refractivity contribution in [3.63, 3.8) is 0 Å². The summed E-state index contributed by atoms with van der Waals surface area (Å²) in [5.74, 6) is -0.188. The third-order valence-electron chi connectivity index (χ3n) is 1.16. The Morgan fingerprint density at radius 3 is 3.12 bits per heavy atom. The van der Waals surface area contributed by atoms with Gasteiger partial charge in [0, 0.05) is 13.0 Å². The van der Waals surface area contributed by atoms with Crippen LogP contribution in [0.4, 0.5) is 0 Å². The van der Waals surface area contributed by atoms with E-state index in [0.717, 1.165) is 5.70 Å². The van der Waals surface area contributed by atoms with Crippen molar-refractivity contribution in [1.29, 1.82) is 0 Å². The lowest BCUT2D eigenvalue weighted by Gasteiger charge is -1.89. The molecular weight excluding hydrogens is 102 g/mol. The van der Waals surface area contributed by atoms with Gasteiger partial charge in [-0.15, -0.1) is 0 Å². The Morgan fingerprint density at radius 2 is 2.88 bits per heavy atom. The molecule has 8 heavy (non-hydrogen) atoms. The molecule has 0 aromatic carbocycles. The molecular formula is C6H9NO. The van der Waals surface area contributed by atoms with Gasteiger partial charge in [0.1, 0.15) is 0 Å². The average Bonchev–Trinajstić information content (AvgIpc) is 2.10. The fraction of sp³-hybridized carbons (Fsp3) is 0.500. The molecule has 1 unspecified atom stereocenters. The summed E-state index contributed by atoms with van der Waals surface area (Å²) in [5, 5.41) is 2.56. The normalized spacial score (nSPS) is 30.0.